The standard InChI is InChI=1S/C77H88BN3O/c1-45-34-49-53(74(13,14)43-72(49,9)10)40-60(45)80-62-41-52-50(70(5,6)32-33-71(52,7)8)38-56(62)78-57-39-51-54(75(15,16)44-73(51,11)12)42-61(57)79(59-25-23-27-66-67(59)48-24-19-20-26-65(48)82-66)63-36-47(37-64(80)68(63)78)81-58-29-28-46(69(2,3)4)35-55(58)76(17)30-21-22-31-77(76,81)18/h19-20,23-29,34-42H,21-22,30-33,43-44H2,1-18H3. The van der Waals surface area contributed by atoms with E-state index < -0.39 is 0 Å². The summed E-state index contributed by atoms with van der Waals surface area (Å²) in [6.07, 6.45) is 9.30. The Hall–Kier alpha value is -6.20. The maximum atomic E-state index is 6.88. The molecule has 7 aromatic carbocycles. The highest BCUT2D eigenvalue weighted by Crippen LogP contribution is 2.64. The second-order valence-electron chi connectivity index (χ2n) is 32.6. The Bertz CT molecular complexity index is 4130. The van der Waals surface area contributed by atoms with Gasteiger partial charge in [0, 0.05) is 50.6 Å². The van der Waals surface area contributed by atoms with Crippen molar-refractivity contribution in [2.75, 3.05) is 14.7 Å². The van der Waals surface area contributed by atoms with Crippen LogP contribution < -0.4 is 31.1 Å². The van der Waals surface area contributed by atoms with Gasteiger partial charge in [-0.3, -0.25) is 0 Å². The number of fused-ring (bicyclic) bond motifs is 13. The molecule has 8 aromatic rings. The molecule has 4 heterocycles. The Morgan fingerprint density at radius 2 is 0.951 bits per heavy atom. The minimum atomic E-state index is -0.176. The summed E-state index contributed by atoms with van der Waals surface area (Å²) in [5, 5.41) is 2.32. The number of anilines is 8. The lowest BCUT2D eigenvalue weighted by Crippen LogP contribution is -2.62. The maximum Gasteiger partial charge on any atom is 0.252 e. The van der Waals surface area contributed by atoms with Gasteiger partial charge in [-0.05, 0) is 211 Å². The highest BCUT2D eigenvalue weighted by molar-refractivity contribution is 7.00. The Kier molecular flexibility index (Phi) is 10.4. The number of nitrogens with zero attached hydrogens (tertiary/aromatic N) is 3. The summed E-state index contributed by atoms with van der Waals surface area (Å²) in [6, 6.07) is 44.7. The zero-order valence-corrected chi connectivity index (χ0v) is 52.9. The van der Waals surface area contributed by atoms with Crippen molar-refractivity contribution in [1.82, 2.24) is 0 Å². The second-order valence-corrected chi connectivity index (χ2v) is 32.6. The molecule has 0 spiro atoms. The van der Waals surface area contributed by atoms with E-state index in [1.165, 1.54) is 137 Å². The fourth-order valence-corrected chi connectivity index (χ4v) is 19.1. The molecule has 3 aliphatic heterocycles. The first-order valence-corrected chi connectivity index (χ1v) is 31.5. The SMILES string of the molecule is Cc1cc2c(cc1N1c3cc4c(cc3B3c5cc6c(cc5N(c5cccc7oc8ccccc8c57)c5cc(N7c8ccc(C(C)(C)C)cc8C8(C)CCCCC78C)cc1c53)C(C)(C)CC6(C)C)C(C)(C)CCC4(C)C)C(C)(C)CC2(C)C. The first-order valence-electron chi connectivity index (χ1n) is 31.5. The number of aryl methyl sites for hydroxylation is 1. The summed E-state index contributed by atoms with van der Waals surface area (Å²) in [6.45, 7) is 44.8. The van der Waals surface area contributed by atoms with Crippen molar-refractivity contribution in [2.45, 2.75) is 225 Å². The summed E-state index contributed by atoms with van der Waals surface area (Å²) < 4.78 is 6.88. The van der Waals surface area contributed by atoms with Gasteiger partial charge >= 0.3 is 0 Å². The molecule has 2 unspecified atom stereocenters. The van der Waals surface area contributed by atoms with Crippen molar-refractivity contribution >= 4 is 90.5 Å². The van der Waals surface area contributed by atoms with Crippen molar-refractivity contribution in [3.8, 4) is 0 Å². The van der Waals surface area contributed by atoms with Crippen LogP contribution in [0.2, 0.25) is 0 Å². The number of hydrogen-bond acceptors (Lipinski definition) is 4. The number of para-hydroxylation sites is 1. The molecule has 1 fully saturated rings. The van der Waals surface area contributed by atoms with E-state index in [2.05, 4.69) is 249 Å². The number of rotatable bonds is 3. The third kappa shape index (κ3) is 6.86. The van der Waals surface area contributed by atoms with E-state index in [4.69, 9.17) is 4.42 Å². The third-order valence-corrected chi connectivity index (χ3v) is 23.3. The highest BCUT2D eigenvalue weighted by Gasteiger charge is 2.59. The van der Waals surface area contributed by atoms with E-state index in [1.807, 2.05) is 0 Å². The van der Waals surface area contributed by atoms with Gasteiger partial charge in [0.1, 0.15) is 11.2 Å². The van der Waals surface area contributed by atoms with E-state index in [-0.39, 0.29) is 55.6 Å². The number of benzene rings is 7. The second kappa shape index (κ2) is 16.2. The lowest BCUT2D eigenvalue weighted by Gasteiger charge is -2.51. The molecule has 82 heavy (non-hydrogen) atoms. The van der Waals surface area contributed by atoms with Crippen LogP contribution in [0.4, 0.5) is 45.5 Å². The van der Waals surface area contributed by atoms with Gasteiger partial charge in [0.2, 0.25) is 0 Å². The molecule has 1 saturated carbocycles. The summed E-state index contributed by atoms with van der Waals surface area (Å²) in [4.78, 5) is 8.45. The van der Waals surface area contributed by atoms with E-state index >= 15 is 0 Å². The van der Waals surface area contributed by atoms with Gasteiger partial charge in [0.05, 0.1) is 16.6 Å². The molecule has 2 atom stereocenters. The highest BCUT2D eigenvalue weighted by atomic mass is 16.3. The molecular formula is C77H88BN3O. The van der Waals surface area contributed by atoms with Crippen LogP contribution in [-0.2, 0) is 43.3 Å². The third-order valence-electron chi connectivity index (χ3n) is 23.3. The Balaban J connectivity index is 1.13. The Labute approximate surface area is 491 Å². The van der Waals surface area contributed by atoms with Crippen LogP contribution >= 0.6 is 0 Å². The molecule has 0 saturated heterocycles. The van der Waals surface area contributed by atoms with E-state index in [0.29, 0.717) is 0 Å². The van der Waals surface area contributed by atoms with Crippen LogP contribution in [0.15, 0.2) is 114 Å². The number of hydrogen-bond donors (Lipinski definition) is 0. The van der Waals surface area contributed by atoms with E-state index in [9.17, 15) is 0 Å². The molecule has 0 N–H and O–H groups in total. The maximum absolute atomic E-state index is 6.88. The summed E-state index contributed by atoms with van der Waals surface area (Å²) in [5.74, 6) is 0. The Morgan fingerprint density at radius 1 is 0.439 bits per heavy atom. The van der Waals surface area contributed by atoms with Crippen LogP contribution in [0.1, 0.15) is 219 Å². The average Bonchev–Trinajstić information content (AvgIpc) is 1.26. The van der Waals surface area contributed by atoms with Gasteiger partial charge in [-0.15, -0.1) is 0 Å². The molecule has 0 bridgehead atoms. The summed E-state index contributed by atoms with van der Waals surface area (Å²) in [7, 11) is 0. The molecular weight excluding hydrogens is 994 g/mol. The molecule has 420 valence electrons. The monoisotopic (exact) mass is 1080 g/mol. The Morgan fingerprint density at radius 3 is 1.56 bits per heavy atom. The molecule has 4 aliphatic carbocycles. The van der Waals surface area contributed by atoms with Crippen molar-refractivity contribution < 1.29 is 4.42 Å². The first kappa shape index (κ1) is 52.6. The fourth-order valence-electron chi connectivity index (χ4n) is 19.1. The van der Waals surface area contributed by atoms with Gasteiger partial charge in [-0.2, -0.15) is 0 Å². The fraction of sp³-hybridized carbons (Fsp3) is 0.455. The lowest BCUT2D eigenvalue weighted by atomic mass is 9.33. The quantitative estimate of drug-likeness (QED) is 0.165. The van der Waals surface area contributed by atoms with E-state index in [1.54, 1.807) is 0 Å². The van der Waals surface area contributed by atoms with Crippen LogP contribution in [0.5, 0.6) is 0 Å². The zero-order chi connectivity index (χ0) is 57.8. The molecule has 15 rings (SSSR count). The normalized spacial score (nSPS) is 24.2. The summed E-state index contributed by atoms with van der Waals surface area (Å²) >= 11 is 0. The van der Waals surface area contributed by atoms with Crippen molar-refractivity contribution in [2.24, 2.45) is 0 Å². The van der Waals surface area contributed by atoms with Crippen LogP contribution in [0.25, 0.3) is 21.9 Å². The largest absolute Gasteiger partial charge is 0.456 e. The smallest absolute Gasteiger partial charge is 0.252 e. The minimum absolute atomic E-state index is 0.00195. The van der Waals surface area contributed by atoms with Crippen LogP contribution in [-0.4, -0.2) is 12.3 Å². The molecule has 7 aliphatic rings. The summed E-state index contributed by atoms with van der Waals surface area (Å²) in [5.41, 5.74) is 29.6. The van der Waals surface area contributed by atoms with Gasteiger partial charge in [-0.25, -0.2) is 0 Å². The van der Waals surface area contributed by atoms with Crippen LogP contribution in [0, 0.1) is 6.92 Å². The minimum Gasteiger partial charge on any atom is -0.456 e. The van der Waals surface area contributed by atoms with E-state index in [0.717, 1.165) is 48.7 Å². The molecule has 0 radical (unpaired) electrons. The van der Waals surface area contributed by atoms with Gasteiger partial charge in [0.25, 0.3) is 6.71 Å². The lowest BCUT2D eigenvalue weighted by molar-refractivity contribution is 0.195. The predicted octanol–water partition coefficient (Wildman–Crippen LogP) is 19.3. The molecule has 5 heteroatoms. The van der Waals surface area contributed by atoms with Crippen LogP contribution in [0.3, 0.4) is 0 Å². The topological polar surface area (TPSA) is 22.9 Å². The van der Waals surface area contributed by atoms with Gasteiger partial charge in [0.15, 0.2) is 0 Å². The first-order chi connectivity index (χ1) is 38.4. The average molecular weight is 1080 g/mol. The van der Waals surface area contributed by atoms with Crippen molar-refractivity contribution in [3.05, 3.63) is 159 Å². The molecule has 1 aromatic heterocycles. The van der Waals surface area contributed by atoms with Crippen molar-refractivity contribution in [1.29, 1.82) is 0 Å². The number of furan rings is 1. The van der Waals surface area contributed by atoms with Gasteiger partial charge < -0.3 is 19.1 Å². The van der Waals surface area contributed by atoms with Gasteiger partial charge in [-0.1, -0.05) is 178 Å². The van der Waals surface area contributed by atoms with Crippen molar-refractivity contribution in [3.63, 3.8) is 0 Å². The zero-order valence-electron chi connectivity index (χ0n) is 52.9. The molecule has 4 nitrogen and oxygen atoms in total. The predicted molar refractivity (Wildman–Crippen MR) is 351 cm³/mol. The molecule has 0 amide bonds.